The Balaban J connectivity index is 1.80. The van der Waals surface area contributed by atoms with Gasteiger partial charge in [0.25, 0.3) is 0 Å². The van der Waals surface area contributed by atoms with Gasteiger partial charge in [-0.15, -0.1) is 0 Å². The molecule has 7 N–H and O–H groups in total. The zero-order valence-electron chi connectivity index (χ0n) is 18.3. The molecule has 3 aromatic heterocycles. The van der Waals surface area contributed by atoms with Crippen LogP contribution in [0.15, 0.2) is 72.8 Å². The maximum atomic E-state index is 6.80. The molecule has 0 aliphatic heterocycles. The van der Waals surface area contributed by atoms with E-state index in [1.165, 1.54) is 0 Å². The molecule has 0 amide bonds. The topological polar surface area (TPSA) is 111 Å². The monoisotopic (exact) mass is 466 g/mol. The molecule has 0 fully saturated rings. The largest absolute Gasteiger partial charge is 0.384 e. The second kappa shape index (κ2) is 7.88. The van der Waals surface area contributed by atoms with Crippen LogP contribution in [0, 0.1) is 0 Å². The van der Waals surface area contributed by atoms with Crippen LogP contribution in [-0.2, 0) is 13.1 Å². The molecule has 0 saturated heterocycles. The summed E-state index contributed by atoms with van der Waals surface area (Å²) in [5, 5.41) is 1.75. The minimum atomic E-state index is 0.260. The van der Waals surface area contributed by atoms with Crippen molar-refractivity contribution in [1.29, 1.82) is 0 Å². The van der Waals surface area contributed by atoms with Crippen molar-refractivity contribution >= 4 is 45.0 Å². The van der Waals surface area contributed by atoms with Crippen molar-refractivity contribution in [1.82, 2.24) is 14.4 Å². The Morgan fingerprint density at radius 3 is 2.29 bits per heavy atom. The first-order valence-electron chi connectivity index (χ1n) is 11.1. The molecule has 0 bridgehead atoms. The highest BCUT2D eigenvalue weighted by atomic mass is 35.5. The normalized spacial score (nSPS) is 11.7. The first kappa shape index (κ1) is 20.7. The third kappa shape index (κ3) is 2.93. The number of H-pyrrole nitrogens is 1. The van der Waals surface area contributed by atoms with Crippen LogP contribution < -0.4 is 17.2 Å². The molecule has 0 spiro atoms. The van der Waals surface area contributed by atoms with E-state index in [9.17, 15) is 0 Å². The van der Waals surface area contributed by atoms with E-state index in [2.05, 4.69) is 17.1 Å². The molecule has 7 heteroatoms. The van der Waals surface area contributed by atoms with E-state index >= 15 is 0 Å². The number of imidazole rings is 1. The molecule has 0 unspecified atom stereocenters. The van der Waals surface area contributed by atoms with Gasteiger partial charge < -0.3 is 22.2 Å². The predicted octanol–water partition coefficient (Wildman–Crippen LogP) is 5.46. The summed E-state index contributed by atoms with van der Waals surface area (Å²) in [4.78, 5) is 8.52. The third-order valence-corrected chi connectivity index (χ3v) is 6.73. The summed E-state index contributed by atoms with van der Waals surface area (Å²) in [6, 6.07) is 23.9. The number of hydrogen-bond donors (Lipinski definition) is 4. The van der Waals surface area contributed by atoms with Crippen molar-refractivity contribution in [3.63, 3.8) is 0 Å². The molecule has 3 heterocycles. The Morgan fingerprint density at radius 1 is 0.824 bits per heavy atom. The van der Waals surface area contributed by atoms with Crippen LogP contribution in [0.4, 0.5) is 5.82 Å². The molecule has 3 aromatic carbocycles. The summed E-state index contributed by atoms with van der Waals surface area (Å²) >= 11 is 6.18. The minimum absolute atomic E-state index is 0.260. The summed E-state index contributed by atoms with van der Waals surface area (Å²) in [5.74, 6) is 0.575. The molecule has 6 aromatic rings. The average molecular weight is 467 g/mol. The molecule has 0 atom stereocenters. The number of nitrogen functional groups attached to an aromatic ring is 1. The number of para-hydroxylation sites is 3. The Hall–Kier alpha value is -3.84. The second-order valence-electron chi connectivity index (χ2n) is 8.31. The lowest BCUT2D eigenvalue weighted by molar-refractivity contribution is 1.00. The van der Waals surface area contributed by atoms with Gasteiger partial charge in [0.05, 0.1) is 16.7 Å². The maximum Gasteiger partial charge on any atom is 0.144 e. The molecular weight excluding hydrogens is 444 g/mol. The van der Waals surface area contributed by atoms with Crippen molar-refractivity contribution in [2.24, 2.45) is 11.5 Å². The Kier molecular flexibility index (Phi) is 4.81. The maximum absolute atomic E-state index is 6.80. The van der Waals surface area contributed by atoms with Crippen molar-refractivity contribution < 1.29 is 0 Å². The summed E-state index contributed by atoms with van der Waals surface area (Å²) < 4.78 is 1.97. The lowest BCUT2D eigenvalue weighted by Crippen LogP contribution is -2.14. The number of anilines is 1. The highest BCUT2D eigenvalue weighted by Gasteiger charge is 2.25. The highest BCUT2D eigenvalue weighted by molar-refractivity contribution is 6.30. The van der Waals surface area contributed by atoms with E-state index in [1.54, 1.807) is 0 Å². The Bertz CT molecular complexity index is 1690. The van der Waals surface area contributed by atoms with E-state index in [0.717, 1.165) is 61.1 Å². The van der Waals surface area contributed by atoms with Crippen LogP contribution in [0.2, 0.25) is 5.02 Å². The number of pyridine rings is 1. The predicted molar refractivity (Wildman–Crippen MR) is 141 cm³/mol. The van der Waals surface area contributed by atoms with Gasteiger partial charge in [-0.05, 0) is 35.9 Å². The number of benzene rings is 3. The quantitative estimate of drug-likeness (QED) is 0.276. The Labute approximate surface area is 201 Å². The molecule has 6 rings (SSSR count). The van der Waals surface area contributed by atoms with Crippen molar-refractivity contribution in [3.05, 3.63) is 88.9 Å². The van der Waals surface area contributed by atoms with Crippen LogP contribution in [0.1, 0.15) is 11.1 Å². The lowest BCUT2D eigenvalue weighted by atomic mass is 9.91. The van der Waals surface area contributed by atoms with Gasteiger partial charge in [-0.25, -0.2) is 4.98 Å². The van der Waals surface area contributed by atoms with Gasteiger partial charge in [-0.2, -0.15) is 0 Å². The number of nitrogens with one attached hydrogen (secondary N) is 1. The van der Waals surface area contributed by atoms with Crippen LogP contribution in [0.5, 0.6) is 0 Å². The van der Waals surface area contributed by atoms with Crippen molar-refractivity contribution in [2.75, 3.05) is 5.73 Å². The lowest BCUT2D eigenvalue weighted by Gasteiger charge is -2.19. The van der Waals surface area contributed by atoms with E-state index in [-0.39, 0.29) is 13.1 Å². The molecule has 0 aliphatic carbocycles. The SMILES string of the molecule is NCc1c(-c2c(-c3ccc(Cl)cc3)[nH]c3ccccc23)c(CN)c2nc3ccccc3n2c1N. The highest BCUT2D eigenvalue weighted by Crippen LogP contribution is 2.44. The van der Waals surface area contributed by atoms with E-state index in [1.807, 2.05) is 65.1 Å². The van der Waals surface area contributed by atoms with Crippen LogP contribution in [-0.4, -0.2) is 14.4 Å². The fraction of sp³-hybridized carbons (Fsp3) is 0.0741. The van der Waals surface area contributed by atoms with E-state index < -0.39 is 0 Å². The third-order valence-electron chi connectivity index (χ3n) is 6.48. The number of hydrogen-bond acceptors (Lipinski definition) is 4. The van der Waals surface area contributed by atoms with Crippen LogP contribution in [0.25, 0.3) is 50.0 Å². The molecule has 0 saturated carbocycles. The first-order chi connectivity index (χ1) is 16.6. The number of fused-ring (bicyclic) bond motifs is 4. The number of nitrogens with two attached hydrogens (primary N) is 3. The van der Waals surface area contributed by atoms with Crippen LogP contribution in [0.3, 0.4) is 0 Å². The fourth-order valence-electron chi connectivity index (χ4n) is 4.97. The Morgan fingerprint density at radius 2 is 1.53 bits per heavy atom. The standard InChI is InChI=1S/C27H23ClN6/c28-16-11-9-15(10-12-16)25-24(17-5-1-2-6-20(17)32-25)23-18(13-29)26(31)34-22-8-4-3-7-21(22)33-27(34)19(23)14-30/h1-12,32H,13-14,29-31H2. The number of halogens is 1. The average Bonchev–Trinajstić information content (AvgIpc) is 3.43. The zero-order chi connectivity index (χ0) is 23.4. The fourth-order valence-corrected chi connectivity index (χ4v) is 5.09. The molecule has 6 nitrogen and oxygen atoms in total. The minimum Gasteiger partial charge on any atom is -0.384 e. The van der Waals surface area contributed by atoms with Gasteiger partial charge in [-0.1, -0.05) is 54.1 Å². The number of nitrogens with zero attached hydrogens (tertiary/aromatic N) is 2. The van der Waals surface area contributed by atoms with Crippen molar-refractivity contribution in [3.8, 4) is 22.4 Å². The first-order valence-corrected chi connectivity index (χ1v) is 11.5. The zero-order valence-corrected chi connectivity index (χ0v) is 19.1. The van der Waals surface area contributed by atoms with E-state index in [0.29, 0.717) is 10.8 Å². The van der Waals surface area contributed by atoms with Crippen molar-refractivity contribution in [2.45, 2.75) is 13.1 Å². The molecule has 168 valence electrons. The molecule has 0 aliphatic rings. The summed E-state index contributed by atoms with van der Waals surface area (Å²) in [6.07, 6.45) is 0. The smallest absolute Gasteiger partial charge is 0.144 e. The molecule has 34 heavy (non-hydrogen) atoms. The van der Waals surface area contributed by atoms with Gasteiger partial charge in [0, 0.05) is 51.3 Å². The van der Waals surface area contributed by atoms with Gasteiger partial charge in [-0.3, -0.25) is 4.40 Å². The molecular formula is C27H23ClN6. The number of aromatic amines is 1. The van der Waals surface area contributed by atoms with Gasteiger partial charge in [0.2, 0.25) is 0 Å². The summed E-state index contributed by atoms with van der Waals surface area (Å²) in [7, 11) is 0. The van der Waals surface area contributed by atoms with Crippen LogP contribution >= 0.6 is 11.6 Å². The summed E-state index contributed by atoms with van der Waals surface area (Å²) in [5.41, 5.74) is 28.8. The van der Waals surface area contributed by atoms with E-state index in [4.69, 9.17) is 33.8 Å². The van der Waals surface area contributed by atoms with Gasteiger partial charge in [0.15, 0.2) is 0 Å². The molecule has 0 radical (unpaired) electrons. The second-order valence-corrected chi connectivity index (χ2v) is 8.75. The number of aromatic nitrogens is 3. The van der Waals surface area contributed by atoms with Gasteiger partial charge >= 0.3 is 0 Å². The number of rotatable bonds is 4. The van der Waals surface area contributed by atoms with Gasteiger partial charge in [0.1, 0.15) is 11.5 Å². The summed E-state index contributed by atoms with van der Waals surface area (Å²) in [6.45, 7) is 0.547.